The number of unbranched alkanes of at least 4 members (excludes halogenated alkanes) is 28. The minimum absolute atomic E-state index is 0.0867. The molecule has 6 nitrogen and oxygen atoms in total. The topological polar surface area (TPSA) is 78.9 Å². The Morgan fingerprint density at radius 3 is 0.816 bits per heavy atom. The average Bonchev–Trinajstić information content (AvgIpc) is 3.42. The largest absolute Gasteiger partial charge is 0.462 e. The van der Waals surface area contributed by atoms with Gasteiger partial charge in [0.15, 0.2) is 6.10 Å². The molecule has 0 aromatic heterocycles. The van der Waals surface area contributed by atoms with Crippen molar-refractivity contribution in [2.45, 2.75) is 303 Å². The quantitative estimate of drug-likeness (QED) is 0.0261. The van der Waals surface area contributed by atoms with Crippen LogP contribution in [0.25, 0.3) is 0 Å². The van der Waals surface area contributed by atoms with Crippen molar-refractivity contribution in [3.63, 3.8) is 0 Å². The first kappa shape index (κ1) is 72.1. The molecule has 0 amide bonds. The van der Waals surface area contributed by atoms with E-state index in [2.05, 4.69) is 130 Å². The maximum atomic E-state index is 12.8. The van der Waals surface area contributed by atoms with Crippen LogP contribution in [0.2, 0.25) is 0 Å². The zero-order valence-corrected chi connectivity index (χ0v) is 49.7. The summed E-state index contributed by atoms with van der Waals surface area (Å²) in [5.74, 6) is -0.911. The van der Waals surface area contributed by atoms with Gasteiger partial charge in [0.2, 0.25) is 0 Å². The highest BCUT2D eigenvalue weighted by atomic mass is 16.6. The normalized spacial score (nSPS) is 12.8. The Morgan fingerprint density at radius 1 is 0.276 bits per heavy atom. The lowest BCUT2D eigenvalue weighted by Gasteiger charge is -2.18. The average molecular weight is 1060 g/mol. The molecule has 0 heterocycles. The van der Waals surface area contributed by atoms with Crippen molar-refractivity contribution in [1.82, 2.24) is 0 Å². The minimum atomic E-state index is -0.791. The van der Waals surface area contributed by atoms with Gasteiger partial charge in [-0.3, -0.25) is 14.4 Å². The third-order valence-electron chi connectivity index (χ3n) is 13.5. The Morgan fingerprint density at radius 2 is 0.513 bits per heavy atom. The minimum Gasteiger partial charge on any atom is -0.462 e. The zero-order valence-electron chi connectivity index (χ0n) is 49.7. The first-order chi connectivity index (χ1) is 37.5. The van der Waals surface area contributed by atoms with Crippen LogP contribution in [0.1, 0.15) is 297 Å². The molecule has 434 valence electrons. The summed E-state index contributed by atoms with van der Waals surface area (Å²) in [6.07, 6.45) is 86.8. The number of hydrogen-bond acceptors (Lipinski definition) is 6. The summed E-state index contributed by atoms with van der Waals surface area (Å²) in [4.78, 5) is 38.2. The van der Waals surface area contributed by atoms with Gasteiger partial charge in [0.25, 0.3) is 0 Å². The summed E-state index contributed by atoms with van der Waals surface area (Å²) in [5.41, 5.74) is 0. The molecule has 0 aliphatic heterocycles. The molecular weight excluding hydrogens is 937 g/mol. The van der Waals surface area contributed by atoms with Crippen molar-refractivity contribution in [2.75, 3.05) is 13.2 Å². The number of ether oxygens (including phenoxy) is 3. The smallest absolute Gasteiger partial charge is 0.306 e. The Balaban J connectivity index is 4.15. The molecule has 0 saturated carbocycles. The first-order valence-corrected chi connectivity index (χ1v) is 31.9. The molecule has 1 atom stereocenters. The number of carbonyl (C=O) groups excluding carboxylic acids is 3. The molecule has 6 heteroatoms. The molecule has 76 heavy (non-hydrogen) atoms. The highest BCUT2D eigenvalue weighted by Gasteiger charge is 2.19. The second-order valence-corrected chi connectivity index (χ2v) is 20.9. The van der Waals surface area contributed by atoms with E-state index in [-0.39, 0.29) is 31.1 Å². The predicted octanol–water partition coefficient (Wildman–Crippen LogP) is 21.8. The van der Waals surface area contributed by atoms with Gasteiger partial charge in [-0.15, -0.1) is 0 Å². The standard InChI is InChI=1S/C70H118O6/c1-4-7-10-13-16-19-22-25-26-27-28-29-30-31-32-33-34-35-36-37-38-39-40-41-42-43-44-46-48-51-54-57-60-63-69(72)75-66-67(65-74-68(71)62-59-56-53-50-47-24-21-18-15-12-9-6-3)76-70(73)64-61-58-55-52-49-45-23-20-17-14-11-8-5-2/h7-8,10-11,16-17,19-20,25-26,28-29,31-32,34-35,45,49,67H,4-6,9,12-15,18,21-24,27,30,33,36-44,46-48,50-66H2,1-3H3/b10-7-,11-8-,19-16-,20-17-,26-25-,29-28-,32-31-,35-34-,49-45-. The summed E-state index contributed by atoms with van der Waals surface area (Å²) in [5, 5.41) is 0. The van der Waals surface area contributed by atoms with Crippen LogP contribution in [0, 0.1) is 0 Å². The van der Waals surface area contributed by atoms with E-state index < -0.39 is 6.10 Å². The van der Waals surface area contributed by atoms with Crippen LogP contribution in [0.15, 0.2) is 109 Å². The maximum Gasteiger partial charge on any atom is 0.306 e. The molecule has 0 fully saturated rings. The van der Waals surface area contributed by atoms with Gasteiger partial charge >= 0.3 is 17.9 Å². The zero-order chi connectivity index (χ0) is 55.0. The molecule has 0 rings (SSSR count). The van der Waals surface area contributed by atoms with Crippen LogP contribution in [-0.4, -0.2) is 37.2 Å². The fourth-order valence-corrected chi connectivity index (χ4v) is 8.81. The summed E-state index contributed by atoms with van der Waals surface area (Å²) in [6, 6.07) is 0. The van der Waals surface area contributed by atoms with Gasteiger partial charge in [-0.2, -0.15) is 0 Å². The van der Waals surface area contributed by atoms with E-state index in [0.717, 1.165) is 122 Å². The van der Waals surface area contributed by atoms with Crippen molar-refractivity contribution in [3.05, 3.63) is 109 Å². The maximum absolute atomic E-state index is 12.8. The monoisotopic (exact) mass is 1050 g/mol. The SMILES string of the molecule is CC/C=C\C/C=C\C/C=C\C/C=C\C/C=C\C/C=C\CCCCCCCCCCCCCCCCC(=O)OCC(COC(=O)CCCCCCCCCCCCCC)OC(=O)CCCCC/C=C\C/C=C\C/C=C\CC. The van der Waals surface area contributed by atoms with Crippen molar-refractivity contribution in [1.29, 1.82) is 0 Å². The van der Waals surface area contributed by atoms with E-state index in [9.17, 15) is 14.4 Å². The first-order valence-electron chi connectivity index (χ1n) is 31.9. The van der Waals surface area contributed by atoms with E-state index in [0.29, 0.717) is 19.3 Å². The lowest BCUT2D eigenvalue weighted by molar-refractivity contribution is -0.167. The molecule has 0 N–H and O–H groups in total. The Kier molecular flexibility index (Phi) is 60.3. The second-order valence-electron chi connectivity index (χ2n) is 20.9. The van der Waals surface area contributed by atoms with E-state index in [1.807, 2.05) is 0 Å². The predicted molar refractivity (Wildman–Crippen MR) is 330 cm³/mol. The van der Waals surface area contributed by atoms with E-state index in [4.69, 9.17) is 14.2 Å². The van der Waals surface area contributed by atoms with Crippen LogP contribution in [-0.2, 0) is 28.6 Å². The van der Waals surface area contributed by atoms with Crippen molar-refractivity contribution >= 4 is 17.9 Å². The van der Waals surface area contributed by atoms with Crippen LogP contribution in [0.5, 0.6) is 0 Å². The van der Waals surface area contributed by atoms with E-state index in [1.165, 1.54) is 135 Å². The number of allylic oxidation sites excluding steroid dienone is 18. The Hall–Kier alpha value is -3.93. The molecule has 0 radical (unpaired) electrons. The van der Waals surface area contributed by atoms with Crippen LogP contribution >= 0.6 is 0 Å². The summed E-state index contributed by atoms with van der Waals surface area (Å²) >= 11 is 0. The van der Waals surface area contributed by atoms with Crippen molar-refractivity contribution in [3.8, 4) is 0 Å². The third kappa shape index (κ3) is 60.9. The van der Waals surface area contributed by atoms with Gasteiger partial charge in [0, 0.05) is 19.3 Å². The van der Waals surface area contributed by atoms with Gasteiger partial charge in [0.1, 0.15) is 13.2 Å². The van der Waals surface area contributed by atoms with Gasteiger partial charge < -0.3 is 14.2 Å². The molecule has 0 aliphatic rings. The fourth-order valence-electron chi connectivity index (χ4n) is 8.81. The molecule has 0 aliphatic carbocycles. The lowest BCUT2D eigenvalue weighted by Crippen LogP contribution is -2.30. The Bertz CT molecular complexity index is 1540. The van der Waals surface area contributed by atoms with Gasteiger partial charge in [-0.1, -0.05) is 284 Å². The van der Waals surface area contributed by atoms with Crippen LogP contribution in [0.3, 0.4) is 0 Å². The van der Waals surface area contributed by atoms with Gasteiger partial charge in [0.05, 0.1) is 0 Å². The van der Waals surface area contributed by atoms with Gasteiger partial charge in [-0.25, -0.2) is 0 Å². The molecule has 0 aromatic rings. The number of esters is 3. The fraction of sp³-hybridized carbons (Fsp3) is 0.700. The highest BCUT2D eigenvalue weighted by molar-refractivity contribution is 5.71. The number of hydrogen-bond donors (Lipinski definition) is 0. The van der Waals surface area contributed by atoms with E-state index in [1.54, 1.807) is 0 Å². The second kappa shape index (κ2) is 63.6. The number of rotatable bonds is 57. The van der Waals surface area contributed by atoms with E-state index >= 15 is 0 Å². The Labute approximate surface area is 470 Å². The van der Waals surface area contributed by atoms with Crippen LogP contribution < -0.4 is 0 Å². The number of carbonyl (C=O) groups is 3. The molecule has 0 bridgehead atoms. The molecule has 0 aromatic carbocycles. The molecule has 1 unspecified atom stereocenters. The van der Waals surface area contributed by atoms with Gasteiger partial charge in [-0.05, 0) is 103 Å². The molecule has 0 spiro atoms. The summed E-state index contributed by atoms with van der Waals surface area (Å²) in [7, 11) is 0. The third-order valence-corrected chi connectivity index (χ3v) is 13.5. The highest BCUT2D eigenvalue weighted by Crippen LogP contribution is 2.16. The lowest BCUT2D eigenvalue weighted by atomic mass is 10.0. The molecule has 0 saturated heterocycles. The molecular formula is C70H118O6. The summed E-state index contributed by atoms with van der Waals surface area (Å²) < 4.78 is 16.9. The summed E-state index contributed by atoms with van der Waals surface area (Å²) in [6.45, 7) is 6.40. The van der Waals surface area contributed by atoms with Crippen molar-refractivity contribution in [2.24, 2.45) is 0 Å². The van der Waals surface area contributed by atoms with Crippen LogP contribution in [0.4, 0.5) is 0 Å². The van der Waals surface area contributed by atoms with Crippen molar-refractivity contribution < 1.29 is 28.6 Å².